The minimum absolute atomic E-state index is 0.0195. The summed E-state index contributed by atoms with van der Waals surface area (Å²) in [6, 6.07) is -0.0170. The maximum Gasteiger partial charge on any atom is 0.324 e. The van der Waals surface area contributed by atoms with E-state index in [-0.39, 0.29) is 12.1 Å². The molecule has 3 heteroatoms. The van der Waals surface area contributed by atoms with E-state index < -0.39 is 0 Å². The van der Waals surface area contributed by atoms with Gasteiger partial charge in [-0.1, -0.05) is 12.2 Å². The Hall–Kier alpha value is -1.25. The molecule has 0 N–H and O–H groups in total. The van der Waals surface area contributed by atoms with Gasteiger partial charge < -0.3 is 4.90 Å². The van der Waals surface area contributed by atoms with Gasteiger partial charge in [0.1, 0.15) is 0 Å². The summed E-state index contributed by atoms with van der Waals surface area (Å²) < 4.78 is 0. The zero-order chi connectivity index (χ0) is 10.4. The number of amides is 2. The van der Waals surface area contributed by atoms with Crippen LogP contribution in [0.15, 0.2) is 24.9 Å². The molecule has 0 saturated carbocycles. The van der Waals surface area contributed by atoms with Crippen molar-refractivity contribution in [2.24, 2.45) is 0 Å². The number of urea groups is 1. The van der Waals surface area contributed by atoms with Crippen LogP contribution in [0.5, 0.6) is 0 Å². The lowest BCUT2D eigenvalue weighted by Gasteiger charge is -2.26. The average molecular weight is 182 g/mol. The van der Waals surface area contributed by atoms with Gasteiger partial charge >= 0.3 is 6.03 Å². The van der Waals surface area contributed by atoms with Crippen molar-refractivity contribution in [2.75, 3.05) is 14.1 Å². The summed E-state index contributed by atoms with van der Waals surface area (Å²) in [5, 5.41) is 0. The zero-order valence-electron chi connectivity index (χ0n) is 8.82. The number of hydrogen-bond acceptors (Lipinski definition) is 1. The Labute approximate surface area is 80.3 Å². The van der Waals surface area contributed by atoms with Gasteiger partial charge in [-0.3, -0.25) is 4.90 Å². The van der Waals surface area contributed by atoms with Gasteiger partial charge in [0.05, 0.1) is 6.04 Å². The zero-order valence-corrected chi connectivity index (χ0v) is 8.82. The molecule has 13 heavy (non-hydrogen) atoms. The van der Waals surface area contributed by atoms with Crippen molar-refractivity contribution in [1.29, 1.82) is 0 Å². The van der Waals surface area contributed by atoms with Crippen LogP contribution in [0, 0.1) is 0 Å². The summed E-state index contributed by atoms with van der Waals surface area (Å²) in [4.78, 5) is 14.8. The smallest absolute Gasteiger partial charge is 0.324 e. The first kappa shape index (κ1) is 11.8. The third-order valence-corrected chi connectivity index (χ3v) is 1.69. The van der Waals surface area contributed by atoms with Crippen molar-refractivity contribution in [2.45, 2.75) is 19.9 Å². The van der Waals surface area contributed by atoms with E-state index in [1.54, 1.807) is 36.2 Å². The lowest BCUT2D eigenvalue weighted by Crippen LogP contribution is -2.40. The highest BCUT2D eigenvalue weighted by atomic mass is 16.2. The summed E-state index contributed by atoms with van der Waals surface area (Å²) in [5.74, 6) is 0. The SMILES string of the molecule is C=CC(C)N(/C=C/C)C(=O)N(C)C. The highest BCUT2D eigenvalue weighted by Crippen LogP contribution is 2.04. The van der Waals surface area contributed by atoms with Crippen molar-refractivity contribution in [3.63, 3.8) is 0 Å². The second kappa shape index (κ2) is 5.41. The van der Waals surface area contributed by atoms with E-state index in [4.69, 9.17) is 0 Å². The van der Waals surface area contributed by atoms with Crippen molar-refractivity contribution in [1.82, 2.24) is 9.80 Å². The summed E-state index contributed by atoms with van der Waals surface area (Å²) >= 11 is 0. The Morgan fingerprint density at radius 3 is 2.31 bits per heavy atom. The molecule has 0 aliphatic rings. The third-order valence-electron chi connectivity index (χ3n) is 1.69. The predicted molar refractivity (Wildman–Crippen MR) is 55.4 cm³/mol. The summed E-state index contributed by atoms with van der Waals surface area (Å²) in [5.41, 5.74) is 0. The van der Waals surface area contributed by atoms with Crippen LogP contribution >= 0.6 is 0 Å². The molecule has 0 aromatic carbocycles. The standard InChI is InChI=1S/C10H18N2O/c1-6-8-12(9(3)7-2)10(13)11(4)5/h6-9H,2H2,1,3-5H3/b8-6+. The van der Waals surface area contributed by atoms with Crippen molar-refractivity contribution in [3.8, 4) is 0 Å². The predicted octanol–water partition coefficient (Wildman–Crippen LogP) is 2.08. The minimum Gasteiger partial charge on any atom is -0.330 e. The third kappa shape index (κ3) is 3.32. The number of hydrogen-bond donors (Lipinski definition) is 0. The van der Waals surface area contributed by atoms with Crippen molar-refractivity contribution >= 4 is 6.03 Å². The molecule has 0 saturated heterocycles. The average Bonchev–Trinajstić information content (AvgIpc) is 2.11. The molecule has 0 aliphatic heterocycles. The second-order valence-corrected chi connectivity index (χ2v) is 3.04. The van der Waals surface area contributed by atoms with Crippen LogP contribution in [0.25, 0.3) is 0 Å². The topological polar surface area (TPSA) is 23.6 Å². The molecule has 3 nitrogen and oxygen atoms in total. The molecule has 0 aliphatic carbocycles. The fourth-order valence-corrected chi connectivity index (χ4v) is 0.879. The Kier molecular flexibility index (Phi) is 4.89. The molecule has 0 fully saturated rings. The molecule has 1 atom stereocenters. The molecule has 0 bridgehead atoms. The maximum absolute atomic E-state index is 11.6. The van der Waals surface area contributed by atoms with E-state index in [9.17, 15) is 4.79 Å². The van der Waals surface area contributed by atoms with E-state index in [2.05, 4.69) is 6.58 Å². The van der Waals surface area contributed by atoms with E-state index >= 15 is 0 Å². The van der Waals surface area contributed by atoms with Gasteiger partial charge in [0.15, 0.2) is 0 Å². The van der Waals surface area contributed by atoms with E-state index in [1.807, 2.05) is 19.9 Å². The van der Waals surface area contributed by atoms with Crippen LogP contribution in [0.2, 0.25) is 0 Å². The summed E-state index contributed by atoms with van der Waals surface area (Å²) in [6.45, 7) is 7.46. The molecule has 0 rings (SSSR count). The van der Waals surface area contributed by atoms with E-state index in [0.29, 0.717) is 0 Å². The number of allylic oxidation sites excluding steroid dienone is 1. The van der Waals surface area contributed by atoms with Crippen LogP contribution < -0.4 is 0 Å². The molecule has 0 radical (unpaired) electrons. The van der Waals surface area contributed by atoms with Gasteiger partial charge in [-0.15, -0.1) is 6.58 Å². The quantitative estimate of drug-likeness (QED) is 0.613. The van der Waals surface area contributed by atoms with Gasteiger partial charge in [-0.05, 0) is 13.8 Å². The van der Waals surface area contributed by atoms with Crippen LogP contribution in [-0.2, 0) is 0 Å². The molecule has 0 spiro atoms. The van der Waals surface area contributed by atoms with Gasteiger partial charge in [0, 0.05) is 20.3 Å². The van der Waals surface area contributed by atoms with Gasteiger partial charge in [-0.25, -0.2) is 4.79 Å². The Morgan fingerprint density at radius 1 is 1.46 bits per heavy atom. The largest absolute Gasteiger partial charge is 0.330 e. The molecule has 74 valence electrons. The Balaban J connectivity index is 4.59. The number of carbonyl (C=O) groups excluding carboxylic acids is 1. The molecular weight excluding hydrogens is 164 g/mol. The van der Waals surface area contributed by atoms with E-state index in [0.717, 1.165) is 0 Å². The number of rotatable bonds is 3. The normalized spacial score (nSPS) is 12.6. The monoisotopic (exact) mass is 182 g/mol. The minimum atomic E-state index is -0.0366. The summed E-state index contributed by atoms with van der Waals surface area (Å²) in [7, 11) is 3.46. The fourth-order valence-electron chi connectivity index (χ4n) is 0.879. The number of nitrogens with zero attached hydrogens (tertiary/aromatic N) is 2. The Bertz CT molecular complexity index is 209. The molecule has 0 aromatic rings. The molecule has 0 heterocycles. The van der Waals surface area contributed by atoms with Crippen LogP contribution in [0.4, 0.5) is 4.79 Å². The molecular formula is C10H18N2O. The van der Waals surface area contributed by atoms with Crippen LogP contribution in [-0.4, -0.2) is 36.0 Å². The first-order chi connectivity index (χ1) is 6.04. The first-order valence-electron chi connectivity index (χ1n) is 4.29. The highest BCUT2D eigenvalue weighted by molar-refractivity contribution is 5.75. The van der Waals surface area contributed by atoms with Crippen molar-refractivity contribution in [3.05, 3.63) is 24.9 Å². The molecule has 0 aromatic heterocycles. The number of carbonyl (C=O) groups is 1. The highest BCUT2D eigenvalue weighted by Gasteiger charge is 2.16. The maximum atomic E-state index is 11.6. The molecule has 2 amide bonds. The van der Waals surface area contributed by atoms with Gasteiger partial charge in [-0.2, -0.15) is 0 Å². The molecule has 1 unspecified atom stereocenters. The first-order valence-corrected chi connectivity index (χ1v) is 4.29. The lowest BCUT2D eigenvalue weighted by molar-refractivity contribution is 0.183. The fraction of sp³-hybridized carbons (Fsp3) is 0.500. The van der Waals surface area contributed by atoms with Gasteiger partial charge in [0.25, 0.3) is 0 Å². The van der Waals surface area contributed by atoms with Crippen molar-refractivity contribution < 1.29 is 4.79 Å². The van der Waals surface area contributed by atoms with Gasteiger partial charge in [0.2, 0.25) is 0 Å². The van der Waals surface area contributed by atoms with Crippen LogP contribution in [0.1, 0.15) is 13.8 Å². The van der Waals surface area contributed by atoms with Crippen LogP contribution in [0.3, 0.4) is 0 Å². The van der Waals surface area contributed by atoms with E-state index in [1.165, 1.54) is 0 Å². The summed E-state index contributed by atoms with van der Waals surface area (Å²) in [6.07, 6.45) is 5.33. The second-order valence-electron chi connectivity index (χ2n) is 3.04. The lowest BCUT2D eigenvalue weighted by atomic mass is 10.3. The Morgan fingerprint density at radius 2 is 2.00 bits per heavy atom.